The van der Waals surface area contributed by atoms with Crippen molar-refractivity contribution in [2.24, 2.45) is 0 Å². The number of amides is 1. The van der Waals surface area contributed by atoms with Crippen molar-refractivity contribution in [1.82, 2.24) is 4.72 Å². The van der Waals surface area contributed by atoms with Crippen LogP contribution in [0.2, 0.25) is 0 Å². The summed E-state index contributed by atoms with van der Waals surface area (Å²) in [6, 6.07) is 21.4. The number of carbonyl (C=O) groups is 1. The lowest BCUT2D eigenvalue weighted by Gasteiger charge is -2.19. The molecule has 0 spiro atoms. The molecule has 3 aromatic carbocycles. The summed E-state index contributed by atoms with van der Waals surface area (Å²) in [7, 11) is -3.93. The molecule has 0 heterocycles. The number of benzene rings is 3. The lowest BCUT2D eigenvalue weighted by atomic mass is 10.1. The van der Waals surface area contributed by atoms with Crippen molar-refractivity contribution in [3.05, 3.63) is 96.3 Å². The zero-order valence-corrected chi connectivity index (χ0v) is 15.7. The summed E-state index contributed by atoms with van der Waals surface area (Å²) < 4.78 is 41.7. The lowest BCUT2D eigenvalue weighted by molar-refractivity contribution is -0.117. The third-order valence-corrected chi connectivity index (χ3v) is 5.57. The van der Waals surface area contributed by atoms with Gasteiger partial charge in [-0.25, -0.2) is 12.8 Å². The number of halogens is 1. The Morgan fingerprint density at radius 1 is 0.857 bits per heavy atom. The van der Waals surface area contributed by atoms with Gasteiger partial charge in [0.25, 0.3) is 0 Å². The first kappa shape index (κ1) is 19.7. The number of para-hydroxylation sites is 1. The molecule has 144 valence electrons. The molecule has 0 aliphatic carbocycles. The van der Waals surface area contributed by atoms with E-state index in [0.717, 1.165) is 5.56 Å². The topological polar surface area (TPSA) is 75.3 Å². The van der Waals surface area contributed by atoms with Gasteiger partial charge < -0.3 is 5.32 Å². The second kappa shape index (κ2) is 8.77. The van der Waals surface area contributed by atoms with E-state index in [0.29, 0.717) is 0 Å². The molecule has 0 fully saturated rings. The minimum Gasteiger partial charge on any atom is -0.322 e. The predicted octanol–water partition coefficient (Wildman–Crippen LogP) is 3.35. The van der Waals surface area contributed by atoms with Gasteiger partial charge in [-0.15, -0.1) is 0 Å². The van der Waals surface area contributed by atoms with E-state index < -0.39 is 27.8 Å². The van der Waals surface area contributed by atoms with Gasteiger partial charge in [0.2, 0.25) is 15.9 Å². The Bertz CT molecular complexity index is 1040. The molecule has 7 heteroatoms. The number of anilines is 1. The SMILES string of the molecule is O=C(Nc1ccccc1F)[C@H](Cc1ccccc1)NS(=O)(=O)c1ccccc1. The highest BCUT2D eigenvalue weighted by molar-refractivity contribution is 7.89. The van der Waals surface area contributed by atoms with E-state index in [4.69, 9.17) is 0 Å². The van der Waals surface area contributed by atoms with E-state index in [2.05, 4.69) is 10.0 Å². The molecule has 2 N–H and O–H groups in total. The largest absolute Gasteiger partial charge is 0.322 e. The fraction of sp³-hybridized carbons (Fsp3) is 0.0952. The van der Waals surface area contributed by atoms with Gasteiger partial charge in [-0.3, -0.25) is 4.79 Å². The van der Waals surface area contributed by atoms with E-state index in [1.165, 1.54) is 30.3 Å². The van der Waals surface area contributed by atoms with Crippen LogP contribution in [-0.2, 0) is 21.2 Å². The van der Waals surface area contributed by atoms with Gasteiger partial charge in [0.15, 0.2) is 0 Å². The van der Waals surface area contributed by atoms with Crippen LogP contribution in [-0.4, -0.2) is 20.4 Å². The highest BCUT2D eigenvalue weighted by Crippen LogP contribution is 2.15. The Labute approximate surface area is 163 Å². The lowest BCUT2D eigenvalue weighted by Crippen LogP contribution is -2.45. The summed E-state index contributed by atoms with van der Waals surface area (Å²) in [5.41, 5.74) is 0.761. The first-order valence-corrected chi connectivity index (χ1v) is 10.1. The number of carbonyl (C=O) groups excluding carboxylic acids is 1. The summed E-state index contributed by atoms with van der Waals surface area (Å²) >= 11 is 0. The van der Waals surface area contributed by atoms with Gasteiger partial charge >= 0.3 is 0 Å². The van der Waals surface area contributed by atoms with Gasteiger partial charge in [0, 0.05) is 0 Å². The molecular weight excluding hydrogens is 379 g/mol. The summed E-state index contributed by atoms with van der Waals surface area (Å²) in [5, 5.41) is 2.46. The smallest absolute Gasteiger partial charge is 0.242 e. The van der Waals surface area contributed by atoms with E-state index in [9.17, 15) is 17.6 Å². The molecule has 0 saturated heterocycles. The Morgan fingerprint density at radius 3 is 2.07 bits per heavy atom. The molecule has 0 aromatic heterocycles. The van der Waals surface area contributed by atoms with Gasteiger partial charge in [-0.05, 0) is 36.2 Å². The van der Waals surface area contributed by atoms with Crippen molar-refractivity contribution in [2.75, 3.05) is 5.32 Å². The third kappa shape index (κ3) is 5.03. The average Bonchev–Trinajstić information content (AvgIpc) is 2.70. The highest BCUT2D eigenvalue weighted by atomic mass is 32.2. The van der Waals surface area contributed by atoms with Crippen LogP contribution in [0.15, 0.2) is 89.8 Å². The van der Waals surface area contributed by atoms with Crippen LogP contribution < -0.4 is 10.0 Å². The van der Waals surface area contributed by atoms with Crippen molar-refractivity contribution in [2.45, 2.75) is 17.4 Å². The Hall–Kier alpha value is -3.03. The molecule has 0 saturated carbocycles. The van der Waals surface area contributed by atoms with Crippen LogP contribution in [0, 0.1) is 5.82 Å². The van der Waals surface area contributed by atoms with Crippen LogP contribution in [0.5, 0.6) is 0 Å². The highest BCUT2D eigenvalue weighted by Gasteiger charge is 2.26. The molecule has 0 radical (unpaired) electrons. The zero-order valence-electron chi connectivity index (χ0n) is 14.9. The van der Waals surface area contributed by atoms with Crippen molar-refractivity contribution in [1.29, 1.82) is 0 Å². The fourth-order valence-corrected chi connectivity index (χ4v) is 3.89. The van der Waals surface area contributed by atoms with Crippen molar-refractivity contribution < 1.29 is 17.6 Å². The average molecular weight is 398 g/mol. The van der Waals surface area contributed by atoms with Gasteiger partial charge in [0.05, 0.1) is 10.6 Å². The molecule has 28 heavy (non-hydrogen) atoms. The Balaban J connectivity index is 1.86. The standard InChI is InChI=1S/C21H19FN2O3S/c22-18-13-7-8-14-19(18)23-21(25)20(15-16-9-3-1-4-10-16)24-28(26,27)17-11-5-2-6-12-17/h1-14,20,24H,15H2,(H,23,25)/t20-/m0/s1. The number of nitrogens with one attached hydrogen (secondary N) is 2. The van der Waals surface area contributed by atoms with Gasteiger partial charge in [-0.2, -0.15) is 4.72 Å². The minimum atomic E-state index is -3.93. The second-order valence-electron chi connectivity index (χ2n) is 6.15. The first-order chi connectivity index (χ1) is 13.5. The normalized spacial score (nSPS) is 12.3. The molecule has 1 atom stereocenters. The van der Waals surface area contributed by atoms with Gasteiger partial charge in [-0.1, -0.05) is 60.7 Å². The van der Waals surface area contributed by atoms with Crippen LogP contribution >= 0.6 is 0 Å². The van der Waals surface area contributed by atoms with E-state index in [-0.39, 0.29) is 17.0 Å². The van der Waals surface area contributed by atoms with E-state index in [1.54, 1.807) is 48.5 Å². The summed E-state index contributed by atoms with van der Waals surface area (Å²) in [5.74, 6) is -1.24. The fourth-order valence-electron chi connectivity index (χ4n) is 2.68. The molecule has 3 aromatic rings. The Morgan fingerprint density at radius 2 is 1.43 bits per heavy atom. The van der Waals surface area contributed by atoms with Crippen molar-refractivity contribution in [3.8, 4) is 0 Å². The summed E-state index contributed by atoms with van der Waals surface area (Å²) in [6.45, 7) is 0. The van der Waals surface area contributed by atoms with Crippen LogP contribution in [0.4, 0.5) is 10.1 Å². The zero-order chi connectivity index (χ0) is 20.0. The minimum absolute atomic E-state index is 0.00975. The maximum Gasteiger partial charge on any atom is 0.242 e. The quantitative estimate of drug-likeness (QED) is 0.641. The first-order valence-electron chi connectivity index (χ1n) is 8.62. The summed E-state index contributed by atoms with van der Waals surface area (Å²) in [4.78, 5) is 12.8. The van der Waals surface area contributed by atoms with Crippen molar-refractivity contribution in [3.63, 3.8) is 0 Å². The molecule has 0 unspecified atom stereocenters. The van der Waals surface area contributed by atoms with Crippen LogP contribution in [0.25, 0.3) is 0 Å². The molecular formula is C21H19FN2O3S. The van der Waals surface area contributed by atoms with Crippen LogP contribution in [0.3, 0.4) is 0 Å². The van der Waals surface area contributed by atoms with Gasteiger partial charge in [0.1, 0.15) is 11.9 Å². The molecule has 0 bridgehead atoms. The van der Waals surface area contributed by atoms with Crippen molar-refractivity contribution >= 4 is 21.6 Å². The van der Waals surface area contributed by atoms with Crippen LogP contribution in [0.1, 0.15) is 5.56 Å². The number of rotatable bonds is 7. The number of hydrogen-bond donors (Lipinski definition) is 2. The predicted molar refractivity (Wildman–Crippen MR) is 106 cm³/mol. The third-order valence-electron chi connectivity index (χ3n) is 4.08. The molecule has 5 nitrogen and oxygen atoms in total. The molecule has 0 aliphatic rings. The summed E-state index contributed by atoms with van der Waals surface area (Å²) in [6.07, 6.45) is 0.118. The monoisotopic (exact) mass is 398 g/mol. The molecule has 1 amide bonds. The number of hydrogen-bond acceptors (Lipinski definition) is 3. The maximum absolute atomic E-state index is 13.9. The Kier molecular flexibility index (Phi) is 6.18. The number of sulfonamides is 1. The molecule has 0 aliphatic heterocycles. The maximum atomic E-state index is 13.9. The van der Waals surface area contributed by atoms with E-state index in [1.807, 2.05) is 6.07 Å². The van der Waals surface area contributed by atoms with E-state index >= 15 is 0 Å². The molecule has 3 rings (SSSR count). The second-order valence-corrected chi connectivity index (χ2v) is 7.86.